The van der Waals surface area contributed by atoms with E-state index >= 15 is 0 Å². The SMILES string of the molecule is C[C@H](CCO)NC1CCc2cc(Cl)ccc21. The van der Waals surface area contributed by atoms with Gasteiger partial charge >= 0.3 is 0 Å². The van der Waals surface area contributed by atoms with Gasteiger partial charge < -0.3 is 10.4 Å². The van der Waals surface area contributed by atoms with Crippen molar-refractivity contribution >= 4 is 11.6 Å². The first-order valence-electron chi connectivity index (χ1n) is 5.86. The summed E-state index contributed by atoms with van der Waals surface area (Å²) in [5, 5.41) is 13.3. The Kier molecular flexibility index (Phi) is 3.85. The monoisotopic (exact) mass is 239 g/mol. The lowest BCUT2D eigenvalue weighted by Gasteiger charge is -2.19. The minimum Gasteiger partial charge on any atom is -0.396 e. The Morgan fingerprint density at radius 2 is 2.38 bits per heavy atom. The zero-order chi connectivity index (χ0) is 11.5. The fourth-order valence-electron chi connectivity index (χ4n) is 2.38. The van der Waals surface area contributed by atoms with Crippen LogP contribution in [0, 0.1) is 0 Å². The molecular formula is C13H18ClNO. The number of aliphatic hydroxyl groups excluding tert-OH is 1. The summed E-state index contributed by atoms with van der Waals surface area (Å²) in [5.41, 5.74) is 2.73. The van der Waals surface area contributed by atoms with E-state index in [-0.39, 0.29) is 6.61 Å². The molecule has 0 fully saturated rings. The molecule has 0 heterocycles. The van der Waals surface area contributed by atoms with E-state index < -0.39 is 0 Å². The second-order valence-electron chi connectivity index (χ2n) is 4.51. The molecule has 1 aliphatic carbocycles. The van der Waals surface area contributed by atoms with Gasteiger partial charge in [-0.3, -0.25) is 0 Å². The summed E-state index contributed by atoms with van der Waals surface area (Å²) in [5.74, 6) is 0. The summed E-state index contributed by atoms with van der Waals surface area (Å²) in [6, 6.07) is 6.92. The molecule has 2 N–H and O–H groups in total. The molecule has 0 amide bonds. The normalized spacial score (nSPS) is 20.8. The molecule has 1 unspecified atom stereocenters. The first-order chi connectivity index (χ1) is 7.70. The lowest BCUT2D eigenvalue weighted by Crippen LogP contribution is -2.30. The summed E-state index contributed by atoms with van der Waals surface area (Å²) < 4.78 is 0. The van der Waals surface area contributed by atoms with Crippen LogP contribution >= 0.6 is 11.6 Å². The van der Waals surface area contributed by atoms with E-state index in [2.05, 4.69) is 24.4 Å². The Labute approximate surface area is 102 Å². The first kappa shape index (κ1) is 11.9. The van der Waals surface area contributed by atoms with Crippen LogP contribution in [-0.2, 0) is 6.42 Å². The highest BCUT2D eigenvalue weighted by atomic mass is 35.5. The van der Waals surface area contributed by atoms with Crippen molar-refractivity contribution in [3.05, 3.63) is 34.3 Å². The third kappa shape index (κ3) is 2.57. The molecular weight excluding hydrogens is 222 g/mol. The quantitative estimate of drug-likeness (QED) is 0.847. The number of benzene rings is 1. The molecule has 88 valence electrons. The molecule has 1 aromatic rings. The van der Waals surface area contributed by atoms with Gasteiger partial charge in [0.05, 0.1) is 0 Å². The second kappa shape index (κ2) is 5.17. The molecule has 0 aliphatic heterocycles. The largest absolute Gasteiger partial charge is 0.396 e. The van der Waals surface area contributed by atoms with Gasteiger partial charge in [-0.25, -0.2) is 0 Å². The highest BCUT2D eigenvalue weighted by Gasteiger charge is 2.23. The number of rotatable bonds is 4. The molecule has 0 bridgehead atoms. The lowest BCUT2D eigenvalue weighted by atomic mass is 10.1. The maximum Gasteiger partial charge on any atom is 0.0445 e. The predicted molar refractivity (Wildman–Crippen MR) is 66.8 cm³/mol. The molecule has 16 heavy (non-hydrogen) atoms. The van der Waals surface area contributed by atoms with E-state index in [0.29, 0.717) is 12.1 Å². The van der Waals surface area contributed by atoms with Gasteiger partial charge in [-0.05, 0) is 49.4 Å². The molecule has 1 aliphatic rings. The van der Waals surface area contributed by atoms with Crippen molar-refractivity contribution in [2.45, 2.75) is 38.3 Å². The van der Waals surface area contributed by atoms with Gasteiger partial charge in [0.1, 0.15) is 0 Å². The van der Waals surface area contributed by atoms with Crippen molar-refractivity contribution in [3.63, 3.8) is 0 Å². The van der Waals surface area contributed by atoms with Crippen LogP contribution in [-0.4, -0.2) is 17.8 Å². The van der Waals surface area contributed by atoms with Crippen molar-refractivity contribution in [2.75, 3.05) is 6.61 Å². The molecule has 0 aromatic heterocycles. The van der Waals surface area contributed by atoms with E-state index in [0.717, 1.165) is 24.3 Å². The number of hydrogen-bond acceptors (Lipinski definition) is 2. The standard InChI is InChI=1S/C13H18ClNO/c1-9(6-7-16)15-13-5-2-10-8-11(14)3-4-12(10)13/h3-4,8-9,13,15-16H,2,5-7H2,1H3/t9-,13?/m1/s1. The number of nitrogens with one attached hydrogen (secondary N) is 1. The molecule has 3 heteroatoms. The van der Waals surface area contributed by atoms with E-state index in [1.165, 1.54) is 11.1 Å². The minimum absolute atomic E-state index is 0.244. The number of fused-ring (bicyclic) bond motifs is 1. The number of aryl methyl sites for hydroxylation is 1. The molecule has 2 rings (SSSR count). The number of hydrogen-bond donors (Lipinski definition) is 2. The summed E-state index contributed by atoms with van der Waals surface area (Å²) >= 11 is 5.97. The molecule has 0 radical (unpaired) electrons. The topological polar surface area (TPSA) is 32.3 Å². The predicted octanol–water partition coefficient (Wildman–Crippen LogP) is 2.69. The van der Waals surface area contributed by atoms with Gasteiger partial charge in [0.25, 0.3) is 0 Å². The third-order valence-corrected chi connectivity index (χ3v) is 3.47. The van der Waals surface area contributed by atoms with Crippen LogP contribution in [0.5, 0.6) is 0 Å². The van der Waals surface area contributed by atoms with Crippen molar-refractivity contribution < 1.29 is 5.11 Å². The first-order valence-corrected chi connectivity index (χ1v) is 6.23. The third-order valence-electron chi connectivity index (χ3n) is 3.23. The van der Waals surface area contributed by atoms with Crippen molar-refractivity contribution in [1.82, 2.24) is 5.32 Å². The molecule has 0 saturated heterocycles. The van der Waals surface area contributed by atoms with E-state index in [1.807, 2.05) is 6.07 Å². The lowest BCUT2D eigenvalue weighted by molar-refractivity contribution is 0.263. The van der Waals surface area contributed by atoms with E-state index in [4.69, 9.17) is 16.7 Å². The average molecular weight is 240 g/mol. The van der Waals surface area contributed by atoms with Crippen LogP contribution in [0.4, 0.5) is 0 Å². The van der Waals surface area contributed by atoms with E-state index in [1.54, 1.807) is 0 Å². The minimum atomic E-state index is 0.244. The molecule has 2 atom stereocenters. The zero-order valence-electron chi connectivity index (χ0n) is 9.54. The van der Waals surface area contributed by atoms with Crippen LogP contribution in [0.3, 0.4) is 0 Å². The van der Waals surface area contributed by atoms with Crippen molar-refractivity contribution in [3.8, 4) is 0 Å². The van der Waals surface area contributed by atoms with Gasteiger partial charge in [0.2, 0.25) is 0 Å². The van der Waals surface area contributed by atoms with Crippen LogP contribution in [0.2, 0.25) is 5.02 Å². The van der Waals surface area contributed by atoms with Crippen molar-refractivity contribution in [1.29, 1.82) is 0 Å². The highest BCUT2D eigenvalue weighted by molar-refractivity contribution is 6.30. The summed E-state index contributed by atoms with van der Waals surface area (Å²) in [6.45, 7) is 2.36. The Hall–Kier alpha value is -0.570. The van der Waals surface area contributed by atoms with Crippen LogP contribution in [0.25, 0.3) is 0 Å². The van der Waals surface area contributed by atoms with Crippen molar-refractivity contribution in [2.24, 2.45) is 0 Å². The number of halogens is 1. The fraction of sp³-hybridized carbons (Fsp3) is 0.538. The zero-order valence-corrected chi connectivity index (χ0v) is 10.3. The van der Waals surface area contributed by atoms with Gasteiger partial charge in [-0.15, -0.1) is 0 Å². The van der Waals surface area contributed by atoms with Gasteiger partial charge in [0, 0.05) is 23.7 Å². The summed E-state index contributed by atoms with van der Waals surface area (Å²) in [4.78, 5) is 0. The fourth-order valence-corrected chi connectivity index (χ4v) is 2.57. The molecule has 2 nitrogen and oxygen atoms in total. The Morgan fingerprint density at radius 1 is 1.56 bits per heavy atom. The smallest absolute Gasteiger partial charge is 0.0445 e. The number of aliphatic hydroxyl groups is 1. The molecule has 0 spiro atoms. The summed E-state index contributed by atoms with van der Waals surface area (Å²) in [7, 11) is 0. The summed E-state index contributed by atoms with van der Waals surface area (Å²) in [6.07, 6.45) is 3.03. The van der Waals surface area contributed by atoms with Crippen LogP contribution < -0.4 is 5.32 Å². The van der Waals surface area contributed by atoms with Crippen LogP contribution in [0.1, 0.15) is 36.9 Å². The van der Waals surface area contributed by atoms with Crippen LogP contribution in [0.15, 0.2) is 18.2 Å². The Morgan fingerprint density at radius 3 is 3.12 bits per heavy atom. The van der Waals surface area contributed by atoms with Gasteiger partial charge in [0.15, 0.2) is 0 Å². The maximum atomic E-state index is 8.88. The molecule has 0 saturated carbocycles. The second-order valence-corrected chi connectivity index (χ2v) is 4.95. The Bertz CT molecular complexity index is 367. The van der Waals surface area contributed by atoms with E-state index in [9.17, 15) is 0 Å². The molecule has 1 aromatic carbocycles. The van der Waals surface area contributed by atoms with Gasteiger partial charge in [-0.1, -0.05) is 17.7 Å². The average Bonchev–Trinajstić information content (AvgIpc) is 2.61. The highest BCUT2D eigenvalue weighted by Crippen LogP contribution is 2.33. The van der Waals surface area contributed by atoms with Gasteiger partial charge in [-0.2, -0.15) is 0 Å². The maximum absolute atomic E-state index is 8.88. The Balaban J connectivity index is 2.06.